The van der Waals surface area contributed by atoms with Crippen LogP contribution in [-0.2, 0) is 9.53 Å². The highest BCUT2D eigenvalue weighted by Gasteiger charge is 2.21. The molecule has 0 aliphatic carbocycles. The summed E-state index contributed by atoms with van der Waals surface area (Å²) in [5, 5.41) is 3.98. The topological polar surface area (TPSA) is 55.4 Å². The van der Waals surface area contributed by atoms with Gasteiger partial charge in [-0.3, -0.25) is 4.79 Å². The number of anilines is 1. The Hall–Kier alpha value is -2.99. The van der Waals surface area contributed by atoms with Crippen LogP contribution < -0.4 is 5.32 Å². The number of amides is 1. The number of rotatable bonds is 7. The van der Waals surface area contributed by atoms with Gasteiger partial charge in [0.05, 0.1) is 6.61 Å². The minimum Gasteiger partial charge on any atom is -0.462 e. The summed E-state index contributed by atoms with van der Waals surface area (Å²) in [6.07, 6.45) is 4.65. The summed E-state index contributed by atoms with van der Waals surface area (Å²) in [6, 6.07) is 13.3. The number of carbonyl (C=O) groups is 2. The smallest absolute Gasteiger partial charge is 0.341 e. The van der Waals surface area contributed by atoms with Crippen molar-refractivity contribution in [2.45, 2.75) is 19.8 Å². The van der Waals surface area contributed by atoms with Gasteiger partial charge < -0.3 is 10.1 Å². The summed E-state index contributed by atoms with van der Waals surface area (Å²) >= 11 is 1.33. The molecule has 0 unspecified atom stereocenters. The van der Waals surface area contributed by atoms with Gasteiger partial charge in [-0.1, -0.05) is 43.7 Å². The Kier molecular flexibility index (Phi) is 6.55. The number of unbranched alkanes of at least 4 members (excludes halogenated alkanes) is 1. The molecule has 0 fully saturated rings. The number of fused-ring (bicyclic) bond motifs is 1. The van der Waals surface area contributed by atoms with Crippen LogP contribution in [0.2, 0.25) is 0 Å². The Morgan fingerprint density at radius 1 is 1.14 bits per heavy atom. The van der Waals surface area contributed by atoms with Crippen LogP contribution in [0.5, 0.6) is 0 Å². The Labute approximate surface area is 166 Å². The molecule has 3 rings (SSSR count). The average Bonchev–Trinajstić information content (AvgIpc) is 3.05. The maximum atomic E-state index is 13.0. The third kappa shape index (κ3) is 4.84. The van der Waals surface area contributed by atoms with Crippen LogP contribution in [0.3, 0.4) is 0 Å². The van der Waals surface area contributed by atoms with Gasteiger partial charge >= 0.3 is 5.97 Å². The number of esters is 1. The van der Waals surface area contributed by atoms with E-state index in [0.717, 1.165) is 22.9 Å². The van der Waals surface area contributed by atoms with Gasteiger partial charge in [-0.2, -0.15) is 0 Å². The average molecular weight is 397 g/mol. The van der Waals surface area contributed by atoms with Crippen molar-refractivity contribution < 1.29 is 18.7 Å². The van der Waals surface area contributed by atoms with E-state index in [1.54, 1.807) is 18.2 Å². The van der Waals surface area contributed by atoms with Gasteiger partial charge in [0.1, 0.15) is 16.4 Å². The molecule has 1 heterocycles. The van der Waals surface area contributed by atoms with Crippen molar-refractivity contribution in [3.63, 3.8) is 0 Å². The van der Waals surface area contributed by atoms with Crippen LogP contribution in [0.4, 0.5) is 9.39 Å². The second kappa shape index (κ2) is 9.28. The number of carbonyl (C=O) groups excluding carboxylic acids is 2. The van der Waals surface area contributed by atoms with Crippen molar-refractivity contribution in [3.05, 3.63) is 71.6 Å². The van der Waals surface area contributed by atoms with E-state index in [0.29, 0.717) is 22.7 Å². The lowest BCUT2D eigenvalue weighted by Crippen LogP contribution is -2.12. The lowest BCUT2D eigenvalue weighted by molar-refractivity contribution is -0.111. The van der Waals surface area contributed by atoms with Crippen LogP contribution in [0.25, 0.3) is 16.2 Å². The normalized spacial score (nSPS) is 11.1. The largest absolute Gasteiger partial charge is 0.462 e. The highest BCUT2D eigenvalue weighted by atomic mass is 32.1. The van der Waals surface area contributed by atoms with E-state index < -0.39 is 5.97 Å². The molecule has 0 aliphatic heterocycles. The fourth-order valence-corrected chi connectivity index (χ4v) is 3.71. The van der Waals surface area contributed by atoms with Crippen LogP contribution >= 0.6 is 11.3 Å². The van der Waals surface area contributed by atoms with E-state index in [-0.39, 0.29) is 11.7 Å². The molecule has 0 radical (unpaired) electrons. The summed E-state index contributed by atoms with van der Waals surface area (Å²) < 4.78 is 19.2. The third-order valence-electron chi connectivity index (χ3n) is 4.06. The van der Waals surface area contributed by atoms with E-state index in [9.17, 15) is 14.0 Å². The molecule has 1 N–H and O–H groups in total. The fraction of sp³-hybridized carbons (Fsp3) is 0.182. The molecule has 0 aliphatic rings. The van der Waals surface area contributed by atoms with E-state index in [1.807, 2.05) is 31.2 Å². The quantitative estimate of drug-likeness (QED) is 0.318. The van der Waals surface area contributed by atoms with Crippen molar-refractivity contribution in [3.8, 4) is 0 Å². The second-order valence-corrected chi connectivity index (χ2v) is 7.22. The number of nitrogens with one attached hydrogen (secondary N) is 1. The van der Waals surface area contributed by atoms with E-state index >= 15 is 0 Å². The summed E-state index contributed by atoms with van der Waals surface area (Å²) in [4.78, 5) is 24.9. The molecule has 0 saturated carbocycles. The highest BCUT2D eigenvalue weighted by Crippen LogP contribution is 2.36. The first-order chi connectivity index (χ1) is 13.6. The summed E-state index contributed by atoms with van der Waals surface area (Å²) in [5.41, 5.74) is 1.08. The molecule has 0 spiro atoms. The van der Waals surface area contributed by atoms with Gasteiger partial charge in [0.25, 0.3) is 0 Å². The first-order valence-corrected chi connectivity index (χ1v) is 9.83. The minimum atomic E-state index is -0.441. The van der Waals surface area contributed by atoms with Gasteiger partial charge in [-0.25, -0.2) is 9.18 Å². The molecule has 1 amide bonds. The predicted octanol–water partition coefficient (Wildman–Crippen LogP) is 5.65. The zero-order chi connectivity index (χ0) is 19.9. The molecule has 2 aromatic carbocycles. The van der Waals surface area contributed by atoms with E-state index in [1.165, 1.54) is 29.5 Å². The number of ether oxygens (including phenoxy) is 1. The highest BCUT2D eigenvalue weighted by molar-refractivity contribution is 7.23. The minimum absolute atomic E-state index is 0.335. The monoisotopic (exact) mass is 397 g/mol. The Morgan fingerprint density at radius 3 is 2.64 bits per heavy atom. The molecule has 0 bridgehead atoms. The summed E-state index contributed by atoms with van der Waals surface area (Å²) in [7, 11) is 0. The maximum absolute atomic E-state index is 13.0. The van der Waals surface area contributed by atoms with Crippen LogP contribution in [0, 0.1) is 5.82 Å². The summed E-state index contributed by atoms with van der Waals surface area (Å²) in [5.74, 6) is -1.15. The lowest BCUT2D eigenvalue weighted by atomic mass is 10.1. The molecular formula is C22H20FNO3S. The zero-order valence-electron chi connectivity index (χ0n) is 15.4. The predicted molar refractivity (Wildman–Crippen MR) is 111 cm³/mol. The first kappa shape index (κ1) is 19.8. The number of halogens is 1. The zero-order valence-corrected chi connectivity index (χ0v) is 16.2. The van der Waals surface area contributed by atoms with Gasteiger partial charge in [0, 0.05) is 16.2 Å². The van der Waals surface area contributed by atoms with Crippen molar-refractivity contribution in [2.75, 3.05) is 11.9 Å². The van der Waals surface area contributed by atoms with E-state index in [4.69, 9.17) is 4.74 Å². The van der Waals surface area contributed by atoms with Crippen molar-refractivity contribution in [1.82, 2.24) is 0 Å². The number of hydrogen-bond donors (Lipinski definition) is 1. The standard InChI is InChI=1S/C22H20FNO3S/c1-2-3-14-27-22(26)20-17-6-4-5-7-18(17)28-21(20)24-19(25)13-10-15-8-11-16(23)12-9-15/h4-13H,2-3,14H2,1H3,(H,24,25). The number of benzene rings is 2. The molecule has 28 heavy (non-hydrogen) atoms. The molecule has 0 atom stereocenters. The Morgan fingerprint density at radius 2 is 1.89 bits per heavy atom. The summed E-state index contributed by atoms with van der Waals surface area (Å²) in [6.45, 7) is 2.37. The number of hydrogen-bond acceptors (Lipinski definition) is 4. The van der Waals surface area contributed by atoms with Gasteiger partial charge in [0.2, 0.25) is 5.91 Å². The number of thiophene rings is 1. The van der Waals surface area contributed by atoms with E-state index in [2.05, 4.69) is 5.32 Å². The van der Waals surface area contributed by atoms with Crippen molar-refractivity contribution in [2.24, 2.45) is 0 Å². The molecule has 6 heteroatoms. The maximum Gasteiger partial charge on any atom is 0.341 e. The molecular weight excluding hydrogens is 377 g/mol. The molecule has 4 nitrogen and oxygen atoms in total. The van der Waals surface area contributed by atoms with Crippen LogP contribution in [0.15, 0.2) is 54.6 Å². The fourth-order valence-electron chi connectivity index (χ4n) is 2.62. The molecule has 3 aromatic rings. The molecule has 1 aromatic heterocycles. The second-order valence-electron chi connectivity index (χ2n) is 6.17. The van der Waals surface area contributed by atoms with Gasteiger partial charge in [-0.05, 0) is 36.3 Å². The SMILES string of the molecule is CCCCOC(=O)c1c(NC(=O)C=Cc2ccc(F)cc2)sc2ccccc12. The Balaban J connectivity index is 1.81. The molecule has 0 saturated heterocycles. The van der Waals surface area contributed by atoms with Crippen LogP contribution in [-0.4, -0.2) is 18.5 Å². The first-order valence-electron chi connectivity index (χ1n) is 9.01. The molecule has 144 valence electrons. The Bertz CT molecular complexity index is 1010. The lowest BCUT2D eigenvalue weighted by Gasteiger charge is -2.06. The van der Waals surface area contributed by atoms with Crippen molar-refractivity contribution in [1.29, 1.82) is 0 Å². The van der Waals surface area contributed by atoms with Crippen LogP contribution in [0.1, 0.15) is 35.7 Å². The van der Waals surface area contributed by atoms with Crippen molar-refractivity contribution >= 4 is 44.4 Å². The van der Waals surface area contributed by atoms with Gasteiger partial charge in [-0.15, -0.1) is 11.3 Å². The van der Waals surface area contributed by atoms with Gasteiger partial charge in [0.15, 0.2) is 0 Å². The third-order valence-corrected chi connectivity index (χ3v) is 5.15.